The first-order chi connectivity index (χ1) is 9.51. The molecule has 0 aliphatic heterocycles. The predicted octanol–water partition coefficient (Wildman–Crippen LogP) is 2.06. The second kappa shape index (κ2) is 5.56. The first-order valence-electron chi connectivity index (χ1n) is 6.01. The largest absolute Gasteiger partial charge is 0.507 e. The highest BCUT2D eigenvalue weighted by atomic mass is 16.5. The van der Waals surface area contributed by atoms with Crippen molar-refractivity contribution in [3.63, 3.8) is 0 Å². The summed E-state index contributed by atoms with van der Waals surface area (Å²) in [5.74, 6) is -0.0301. The van der Waals surface area contributed by atoms with Crippen LogP contribution in [0.3, 0.4) is 0 Å². The summed E-state index contributed by atoms with van der Waals surface area (Å²) >= 11 is 0. The van der Waals surface area contributed by atoms with Crippen LogP contribution in [0.2, 0.25) is 0 Å². The number of phenolic OH excluding ortho intramolecular Hbond substituents is 1. The molecule has 1 aromatic carbocycles. The Morgan fingerprint density at radius 2 is 2.05 bits per heavy atom. The number of ether oxygens (including phenoxy) is 1. The van der Waals surface area contributed by atoms with E-state index in [4.69, 9.17) is 4.74 Å². The Labute approximate surface area is 116 Å². The van der Waals surface area contributed by atoms with E-state index in [9.17, 15) is 9.90 Å². The van der Waals surface area contributed by atoms with Gasteiger partial charge < -0.3 is 9.84 Å². The number of benzene rings is 1. The molecule has 104 valence electrons. The van der Waals surface area contributed by atoms with Gasteiger partial charge in [0.25, 0.3) is 5.91 Å². The SMILES string of the molecule is COc1cc(C)nc(NC(=O)c2cccc(C)c2O)n1. The van der Waals surface area contributed by atoms with E-state index in [1.807, 2.05) is 0 Å². The molecule has 0 fully saturated rings. The van der Waals surface area contributed by atoms with E-state index in [1.54, 1.807) is 32.0 Å². The molecule has 0 bridgehead atoms. The lowest BCUT2D eigenvalue weighted by Gasteiger charge is -2.08. The van der Waals surface area contributed by atoms with Crippen LogP contribution in [0.25, 0.3) is 0 Å². The highest BCUT2D eigenvalue weighted by Gasteiger charge is 2.14. The third-order valence-corrected chi connectivity index (χ3v) is 2.75. The molecule has 6 heteroatoms. The van der Waals surface area contributed by atoms with E-state index >= 15 is 0 Å². The van der Waals surface area contributed by atoms with Crippen molar-refractivity contribution in [2.45, 2.75) is 13.8 Å². The van der Waals surface area contributed by atoms with Gasteiger partial charge in [-0.05, 0) is 25.5 Å². The molecule has 1 amide bonds. The molecule has 2 N–H and O–H groups in total. The number of aromatic nitrogens is 2. The smallest absolute Gasteiger partial charge is 0.261 e. The van der Waals surface area contributed by atoms with Gasteiger partial charge in [0.2, 0.25) is 11.8 Å². The Hall–Kier alpha value is -2.63. The van der Waals surface area contributed by atoms with Gasteiger partial charge in [-0.3, -0.25) is 10.1 Å². The van der Waals surface area contributed by atoms with Crippen LogP contribution >= 0.6 is 0 Å². The van der Waals surface area contributed by atoms with Crippen molar-refractivity contribution in [1.29, 1.82) is 0 Å². The molecule has 1 heterocycles. The van der Waals surface area contributed by atoms with Gasteiger partial charge in [0.1, 0.15) is 5.75 Å². The van der Waals surface area contributed by atoms with E-state index in [2.05, 4.69) is 15.3 Å². The van der Waals surface area contributed by atoms with E-state index in [-0.39, 0.29) is 17.3 Å². The molecule has 1 aromatic heterocycles. The van der Waals surface area contributed by atoms with E-state index in [0.717, 1.165) is 0 Å². The number of phenols is 1. The number of hydrogen-bond acceptors (Lipinski definition) is 5. The average molecular weight is 273 g/mol. The topological polar surface area (TPSA) is 84.3 Å². The minimum absolute atomic E-state index is 0.0513. The molecule has 2 aromatic rings. The van der Waals surface area contributed by atoms with Crippen molar-refractivity contribution < 1.29 is 14.6 Å². The number of nitrogens with one attached hydrogen (secondary N) is 1. The third kappa shape index (κ3) is 2.85. The molecule has 0 saturated carbocycles. The monoisotopic (exact) mass is 273 g/mol. The Bertz CT molecular complexity index is 656. The van der Waals surface area contributed by atoms with Gasteiger partial charge in [-0.15, -0.1) is 0 Å². The fraction of sp³-hybridized carbons (Fsp3) is 0.214. The molecular formula is C14H15N3O3. The first-order valence-corrected chi connectivity index (χ1v) is 6.01. The van der Waals surface area contributed by atoms with Crippen molar-refractivity contribution in [1.82, 2.24) is 9.97 Å². The van der Waals surface area contributed by atoms with Crippen LogP contribution in [-0.4, -0.2) is 28.1 Å². The summed E-state index contributed by atoms with van der Waals surface area (Å²) in [5, 5.41) is 12.4. The van der Waals surface area contributed by atoms with E-state index in [0.29, 0.717) is 17.1 Å². The fourth-order valence-electron chi connectivity index (χ4n) is 1.71. The number of rotatable bonds is 3. The summed E-state index contributed by atoms with van der Waals surface area (Å²) < 4.78 is 5.01. The van der Waals surface area contributed by atoms with Crippen LogP contribution < -0.4 is 10.1 Å². The summed E-state index contributed by atoms with van der Waals surface area (Å²) in [5.41, 5.74) is 1.47. The van der Waals surface area contributed by atoms with Crippen LogP contribution in [-0.2, 0) is 0 Å². The number of hydrogen-bond donors (Lipinski definition) is 2. The molecule has 0 spiro atoms. The quantitative estimate of drug-likeness (QED) is 0.894. The fourth-order valence-corrected chi connectivity index (χ4v) is 1.71. The van der Waals surface area contributed by atoms with Crippen molar-refractivity contribution in [2.75, 3.05) is 12.4 Å². The summed E-state index contributed by atoms with van der Waals surface area (Å²) in [6.07, 6.45) is 0. The van der Waals surface area contributed by atoms with Crippen LogP contribution in [0.5, 0.6) is 11.6 Å². The number of carbonyl (C=O) groups is 1. The Kier molecular flexibility index (Phi) is 3.84. The first kappa shape index (κ1) is 13.8. The number of anilines is 1. The van der Waals surface area contributed by atoms with Crippen molar-refractivity contribution in [3.8, 4) is 11.6 Å². The second-order valence-corrected chi connectivity index (χ2v) is 4.30. The molecule has 2 rings (SSSR count). The molecule has 6 nitrogen and oxygen atoms in total. The summed E-state index contributed by atoms with van der Waals surface area (Å²) in [4.78, 5) is 20.2. The van der Waals surface area contributed by atoms with Crippen LogP contribution in [0.4, 0.5) is 5.95 Å². The van der Waals surface area contributed by atoms with Crippen molar-refractivity contribution >= 4 is 11.9 Å². The number of para-hydroxylation sites is 1. The van der Waals surface area contributed by atoms with Gasteiger partial charge >= 0.3 is 0 Å². The van der Waals surface area contributed by atoms with Gasteiger partial charge in [-0.2, -0.15) is 4.98 Å². The zero-order valence-corrected chi connectivity index (χ0v) is 11.5. The molecule has 0 aliphatic rings. The highest BCUT2D eigenvalue weighted by Crippen LogP contribution is 2.22. The second-order valence-electron chi connectivity index (χ2n) is 4.30. The third-order valence-electron chi connectivity index (χ3n) is 2.75. The summed E-state index contributed by atoms with van der Waals surface area (Å²) in [7, 11) is 1.49. The maximum Gasteiger partial charge on any atom is 0.261 e. The number of methoxy groups -OCH3 is 1. The maximum absolute atomic E-state index is 12.1. The van der Waals surface area contributed by atoms with E-state index in [1.165, 1.54) is 13.2 Å². The average Bonchev–Trinajstić information content (AvgIpc) is 2.41. The lowest BCUT2D eigenvalue weighted by atomic mass is 10.1. The van der Waals surface area contributed by atoms with Gasteiger partial charge in [-0.25, -0.2) is 4.98 Å². The minimum Gasteiger partial charge on any atom is -0.507 e. The number of aromatic hydroxyl groups is 1. The Morgan fingerprint density at radius 3 is 2.75 bits per heavy atom. The van der Waals surface area contributed by atoms with Gasteiger partial charge in [-0.1, -0.05) is 12.1 Å². The molecule has 0 aliphatic carbocycles. The number of aryl methyl sites for hydroxylation is 2. The molecule has 20 heavy (non-hydrogen) atoms. The maximum atomic E-state index is 12.1. The van der Waals surface area contributed by atoms with Crippen LogP contribution in [0.15, 0.2) is 24.3 Å². The van der Waals surface area contributed by atoms with Crippen molar-refractivity contribution in [2.24, 2.45) is 0 Å². The van der Waals surface area contributed by atoms with Gasteiger partial charge in [0.15, 0.2) is 0 Å². The molecule has 0 atom stereocenters. The normalized spacial score (nSPS) is 10.2. The molecular weight excluding hydrogens is 258 g/mol. The lowest BCUT2D eigenvalue weighted by molar-refractivity contribution is 0.102. The zero-order valence-electron chi connectivity index (χ0n) is 11.5. The standard InChI is InChI=1S/C14H15N3O3/c1-8-5-4-6-10(12(8)18)13(19)17-14-15-9(2)7-11(16-14)20-3/h4-7,18H,1-3H3,(H,15,16,17,19). The van der Waals surface area contributed by atoms with Gasteiger partial charge in [0.05, 0.1) is 12.7 Å². The van der Waals surface area contributed by atoms with E-state index < -0.39 is 5.91 Å². The molecule has 0 radical (unpaired) electrons. The van der Waals surface area contributed by atoms with Crippen LogP contribution in [0, 0.1) is 13.8 Å². The summed E-state index contributed by atoms with van der Waals surface area (Å²) in [6.45, 7) is 3.49. The molecule has 0 saturated heterocycles. The van der Waals surface area contributed by atoms with Crippen LogP contribution in [0.1, 0.15) is 21.6 Å². The minimum atomic E-state index is -0.473. The number of carbonyl (C=O) groups excluding carboxylic acids is 1. The number of amides is 1. The summed E-state index contributed by atoms with van der Waals surface area (Å²) in [6, 6.07) is 6.60. The van der Waals surface area contributed by atoms with Crippen molar-refractivity contribution in [3.05, 3.63) is 41.1 Å². The number of nitrogens with zero attached hydrogens (tertiary/aromatic N) is 2. The predicted molar refractivity (Wildman–Crippen MR) is 74.1 cm³/mol. The Balaban J connectivity index is 2.28. The Morgan fingerprint density at radius 1 is 1.30 bits per heavy atom. The lowest BCUT2D eigenvalue weighted by Crippen LogP contribution is -2.15. The molecule has 0 unspecified atom stereocenters. The van der Waals surface area contributed by atoms with Gasteiger partial charge in [0, 0.05) is 11.8 Å². The zero-order chi connectivity index (χ0) is 14.7. The highest BCUT2D eigenvalue weighted by molar-refractivity contribution is 6.05.